The maximum Gasteiger partial charge on any atom is 0.295 e. The number of para-hydroxylation sites is 1. The van der Waals surface area contributed by atoms with Crippen LogP contribution in [0.15, 0.2) is 47.3 Å². The molecule has 0 saturated carbocycles. The molecule has 0 aliphatic rings. The van der Waals surface area contributed by atoms with E-state index in [1.165, 1.54) is 6.07 Å². The molecule has 0 unspecified atom stereocenters. The number of halogens is 3. The molecule has 0 radical (unpaired) electrons. The Hall–Kier alpha value is -3.34. The number of ether oxygens (including phenoxy) is 1. The molecule has 0 saturated heterocycles. The Balaban J connectivity index is 0.00000616. The third kappa shape index (κ3) is 8.83. The van der Waals surface area contributed by atoms with Crippen LogP contribution in [0.25, 0.3) is 5.69 Å². The molecular weight excluding hydrogens is 584 g/mol. The van der Waals surface area contributed by atoms with Crippen molar-refractivity contribution in [3.05, 3.63) is 74.9 Å². The highest BCUT2D eigenvalue weighted by Gasteiger charge is 2.27. The summed E-state index contributed by atoms with van der Waals surface area (Å²) in [6.07, 6.45) is 1.43. The van der Waals surface area contributed by atoms with Gasteiger partial charge in [-0.2, -0.15) is 0 Å². The Morgan fingerprint density at radius 2 is 1.81 bits per heavy atom. The average molecular weight is 625 g/mol. The first-order valence-corrected chi connectivity index (χ1v) is 13.9. The van der Waals surface area contributed by atoms with E-state index in [2.05, 4.69) is 15.5 Å². The summed E-state index contributed by atoms with van der Waals surface area (Å²) >= 11 is 5.90. The van der Waals surface area contributed by atoms with Gasteiger partial charge in [0.1, 0.15) is 17.3 Å². The van der Waals surface area contributed by atoms with Crippen molar-refractivity contribution in [3.63, 3.8) is 0 Å². The van der Waals surface area contributed by atoms with Crippen molar-refractivity contribution in [2.24, 2.45) is 12.5 Å². The predicted molar refractivity (Wildman–Crippen MR) is 167 cm³/mol. The van der Waals surface area contributed by atoms with E-state index in [0.29, 0.717) is 12.1 Å². The van der Waals surface area contributed by atoms with Crippen LogP contribution in [0.1, 0.15) is 49.7 Å². The summed E-state index contributed by atoms with van der Waals surface area (Å²) in [7, 11) is 5.78. The van der Waals surface area contributed by atoms with Crippen molar-refractivity contribution in [2.75, 3.05) is 39.1 Å². The van der Waals surface area contributed by atoms with E-state index in [1.54, 1.807) is 16.3 Å². The summed E-state index contributed by atoms with van der Waals surface area (Å²) in [4.78, 5) is 41.8. The average Bonchev–Trinajstić information content (AvgIpc) is 3.13. The van der Waals surface area contributed by atoms with Crippen molar-refractivity contribution >= 4 is 41.5 Å². The Labute approximate surface area is 257 Å². The lowest BCUT2D eigenvalue weighted by Crippen LogP contribution is -2.37. The molecule has 0 bridgehead atoms. The van der Waals surface area contributed by atoms with Gasteiger partial charge in [0.25, 0.3) is 11.5 Å². The lowest BCUT2D eigenvalue weighted by atomic mass is 9.88. The number of carbonyl (C=O) groups excluding carboxylic acids is 2. The van der Waals surface area contributed by atoms with E-state index in [0.717, 1.165) is 24.7 Å². The molecule has 42 heavy (non-hydrogen) atoms. The highest BCUT2D eigenvalue weighted by molar-refractivity contribution is 6.31. The zero-order valence-corrected chi connectivity index (χ0v) is 26.5. The van der Waals surface area contributed by atoms with Gasteiger partial charge in [0, 0.05) is 26.1 Å². The van der Waals surface area contributed by atoms with Crippen LogP contribution in [0.5, 0.6) is 5.75 Å². The molecule has 1 heterocycles. The van der Waals surface area contributed by atoms with Crippen molar-refractivity contribution in [1.82, 2.24) is 19.6 Å². The van der Waals surface area contributed by atoms with Gasteiger partial charge in [-0.15, -0.1) is 12.4 Å². The predicted octanol–water partition coefficient (Wildman–Crippen LogP) is 5.07. The summed E-state index contributed by atoms with van der Waals surface area (Å²) in [6.45, 7) is 6.60. The lowest BCUT2D eigenvalue weighted by Gasteiger charge is -2.24. The molecule has 0 spiro atoms. The van der Waals surface area contributed by atoms with Gasteiger partial charge in [0.2, 0.25) is 5.91 Å². The number of hydrogen-bond donors (Lipinski definition) is 2. The molecule has 2 amide bonds. The first-order valence-electron chi connectivity index (χ1n) is 13.6. The molecule has 3 aromatic rings. The quantitative estimate of drug-likeness (QED) is 0.277. The van der Waals surface area contributed by atoms with Crippen LogP contribution in [0, 0.1) is 11.2 Å². The first-order chi connectivity index (χ1) is 19.3. The van der Waals surface area contributed by atoms with Crippen molar-refractivity contribution in [3.8, 4) is 11.4 Å². The standard InChI is InChI=1S/C30H39ClFN5O4.ClH/c1-7-41-25-17-23(32)22(31)16-21(25)28(39)33-19-30(2,3)18-26(38)34-27-24(14-11-15-35(4)5)36(6)37(29(27)40)20-12-9-8-10-13-20;/h8-10,12-13,16-17H,7,11,14-15,18-19H2,1-6H3,(H,33,39)(H,34,38);1H. The Kier molecular flexibility index (Phi) is 12.6. The minimum atomic E-state index is -0.683. The fraction of sp³-hybridized carbons (Fsp3) is 0.433. The van der Waals surface area contributed by atoms with Crippen LogP contribution in [-0.4, -0.2) is 59.9 Å². The Morgan fingerprint density at radius 3 is 2.43 bits per heavy atom. The smallest absolute Gasteiger partial charge is 0.295 e. The number of benzene rings is 2. The second kappa shape index (κ2) is 15.2. The van der Waals surface area contributed by atoms with Crippen LogP contribution in [0.4, 0.5) is 10.1 Å². The highest BCUT2D eigenvalue weighted by Crippen LogP contribution is 2.27. The number of carbonyl (C=O) groups is 2. The summed E-state index contributed by atoms with van der Waals surface area (Å²) < 4.78 is 22.7. The van der Waals surface area contributed by atoms with Gasteiger partial charge in [-0.05, 0) is 64.0 Å². The molecule has 2 N–H and O–H groups in total. The maximum atomic E-state index is 13.9. The van der Waals surface area contributed by atoms with Crippen LogP contribution in [-0.2, 0) is 18.3 Å². The van der Waals surface area contributed by atoms with Crippen molar-refractivity contribution < 1.29 is 18.7 Å². The Bertz CT molecular complexity index is 1440. The zero-order chi connectivity index (χ0) is 30.3. The zero-order valence-electron chi connectivity index (χ0n) is 24.9. The van der Waals surface area contributed by atoms with E-state index < -0.39 is 17.1 Å². The summed E-state index contributed by atoms with van der Waals surface area (Å²) in [5, 5.41) is 5.47. The van der Waals surface area contributed by atoms with Gasteiger partial charge in [0.15, 0.2) is 0 Å². The lowest BCUT2D eigenvalue weighted by molar-refractivity contribution is -0.118. The van der Waals surface area contributed by atoms with Crippen LogP contribution in [0.2, 0.25) is 5.02 Å². The van der Waals surface area contributed by atoms with Gasteiger partial charge >= 0.3 is 0 Å². The van der Waals surface area contributed by atoms with Crippen molar-refractivity contribution in [2.45, 2.75) is 40.0 Å². The van der Waals surface area contributed by atoms with Gasteiger partial charge in [-0.3, -0.25) is 19.1 Å². The normalized spacial score (nSPS) is 11.3. The number of aromatic nitrogens is 2. The molecular formula is C30H40Cl2FN5O4. The number of rotatable bonds is 13. The SMILES string of the molecule is CCOc1cc(F)c(Cl)cc1C(=O)NCC(C)(C)CC(=O)Nc1c(CCCN(C)C)n(C)n(-c2ccccc2)c1=O.Cl. The second-order valence-corrected chi connectivity index (χ2v) is 11.4. The van der Waals surface area contributed by atoms with Gasteiger partial charge < -0.3 is 20.3 Å². The van der Waals surface area contributed by atoms with E-state index in [1.807, 2.05) is 65.3 Å². The summed E-state index contributed by atoms with van der Waals surface area (Å²) in [6, 6.07) is 11.6. The number of anilines is 1. The molecule has 0 aliphatic carbocycles. The van der Waals surface area contributed by atoms with Gasteiger partial charge in [-0.25, -0.2) is 9.07 Å². The first kappa shape index (κ1) is 34.9. The molecule has 3 rings (SSSR count). The summed E-state index contributed by atoms with van der Waals surface area (Å²) in [5.74, 6) is -1.44. The number of hydrogen-bond acceptors (Lipinski definition) is 5. The van der Waals surface area contributed by atoms with Crippen LogP contribution < -0.4 is 20.9 Å². The van der Waals surface area contributed by atoms with Gasteiger partial charge in [-0.1, -0.05) is 43.6 Å². The summed E-state index contributed by atoms with van der Waals surface area (Å²) in [5.41, 5.74) is 0.804. The molecule has 0 aliphatic heterocycles. The minimum Gasteiger partial charge on any atom is -0.493 e. The highest BCUT2D eigenvalue weighted by atomic mass is 35.5. The monoisotopic (exact) mass is 623 g/mol. The fourth-order valence-corrected chi connectivity index (χ4v) is 4.72. The number of nitrogens with one attached hydrogen (secondary N) is 2. The van der Waals surface area contributed by atoms with Crippen LogP contribution >= 0.6 is 24.0 Å². The molecule has 2 aromatic carbocycles. The van der Waals surface area contributed by atoms with E-state index in [-0.39, 0.29) is 65.5 Å². The minimum absolute atomic E-state index is 0. The molecule has 0 atom stereocenters. The number of nitrogens with zero attached hydrogens (tertiary/aromatic N) is 3. The largest absolute Gasteiger partial charge is 0.493 e. The second-order valence-electron chi connectivity index (χ2n) is 11.0. The topological polar surface area (TPSA) is 97.6 Å². The Morgan fingerprint density at radius 1 is 1.14 bits per heavy atom. The van der Waals surface area contributed by atoms with Crippen molar-refractivity contribution in [1.29, 1.82) is 0 Å². The molecule has 9 nitrogen and oxygen atoms in total. The van der Waals surface area contributed by atoms with E-state index in [4.69, 9.17) is 16.3 Å². The molecule has 0 fully saturated rings. The van der Waals surface area contributed by atoms with E-state index in [9.17, 15) is 18.8 Å². The third-order valence-corrected chi connectivity index (χ3v) is 6.89. The van der Waals surface area contributed by atoms with Crippen LogP contribution in [0.3, 0.4) is 0 Å². The fourth-order valence-electron chi connectivity index (χ4n) is 4.56. The molecule has 1 aromatic heterocycles. The van der Waals surface area contributed by atoms with Gasteiger partial charge in [0.05, 0.1) is 28.6 Å². The molecule has 12 heteroatoms. The molecule has 230 valence electrons. The maximum absolute atomic E-state index is 13.9. The van der Waals surface area contributed by atoms with E-state index >= 15 is 0 Å². The number of amides is 2. The third-order valence-electron chi connectivity index (χ3n) is 6.60.